The average molecular weight is 447 g/mol. The maximum atomic E-state index is 12.0. The maximum absolute atomic E-state index is 12.0. The third-order valence-electron chi connectivity index (χ3n) is 4.21. The Balaban J connectivity index is 2.18. The fraction of sp³-hybridized carbons (Fsp3) is 0.333. The van der Waals surface area contributed by atoms with Crippen molar-refractivity contribution in [2.45, 2.75) is 19.5 Å². The lowest BCUT2D eigenvalue weighted by molar-refractivity contribution is -0.127. The Kier molecular flexibility index (Phi) is 8.32. The molecule has 0 fully saturated rings. The molecule has 0 saturated carbocycles. The molecule has 2 N–H and O–H groups in total. The summed E-state index contributed by atoms with van der Waals surface area (Å²) in [7, 11) is 5.10. The summed E-state index contributed by atoms with van der Waals surface area (Å²) in [6.45, 7) is 2.63. The largest absolute Gasteiger partial charge is 0.496 e. The van der Waals surface area contributed by atoms with Crippen LogP contribution in [-0.4, -0.2) is 44.5 Å². The standard InChI is InChI=1S/C21H27BrN4O2/c1-15(16-8-6-5-7-9-16)25-21(24-14-20(27)26(2)3)23-13-17-12-18(22)10-11-19(17)28-4/h5-12,15H,13-14H2,1-4H3,(H2,23,24,25). The van der Waals surface area contributed by atoms with E-state index >= 15 is 0 Å². The van der Waals surface area contributed by atoms with Gasteiger partial charge in [0.1, 0.15) is 5.75 Å². The summed E-state index contributed by atoms with van der Waals surface area (Å²) < 4.78 is 6.38. The number of nitrogens with zero attached hydrogens (tertiary/aromatic N) is 2. The fourth-order valence-electron chi connectivity index (χ4n) is 2.54. The van der Waals surface area contributed by atoms with E-state index in [2.05, 4.69) is 50.6 Å². The molecule has 0 radical (unpaired) electrons. The van der Waals surface area contributed by atoms with Crippen molar-refractivity contribution >= 4 is 27.8 Å². The van der Waals surface area contributed by atoms with Crippen molar-refractivity contribution in [1.29, 1.82) is 0 Å². The number of aliphatic imine (C=N–C) groups is 1. The highest BCUT2D eigenvalue weighted by Crippen LogP contribution is 2.23. The molecule has 6 nitrogen and oxygen atoms in total. The van der Waals surface area contributed by atoms with Crippen molar-refractivity contribution in [3.63, 3.8) is 0 Å². The lowest BCUT2D eigenvalue weighted by Gasteiger charge is -2.20. The molecule has 7 heteroatoms. The topological polar surface area (TPSA) is 66.0 Å². The quantitative estimate of drug-likeness (QED) is 0.505. The van der Waals surface area contributed by atoms with Gasteiger partial charge >= 0.3 is 0 Å². The first-order valence-corrected chi connectivity index (χ1v) is 9.82. The molecule has 0 aliphatic carbocycles. The van der Waals surface area contributed by atoms with Crippen LogP contribution in [-0.2, 0) is 11.3 Å². The summed E-state index contributed by atoms with van der Waals surface area (Å²) in [6, 6.07) is 15.9. The third-order valence-corrected chi connectivity index (χ3v) is 4.70. The molecule has 1 atom stereocenters. The van der Waals surface area contributed by atoms with Gasteiger partial charge in [0.25, 0.3) is 0 Å². The van der Waals surface area contributed by atoms with Crippen molar-refractivity contribution in [2.75, 3.05) is 27.7 Å². The van der Waals surface area contributed by atoms with Crippen LogP contribution in [0.4, 0.5) is 0 Å². The van der Waals surface area contributed by atoms with Gasteiger partial charge in [-0.1, -0.05) is 46.3 Å². The van der Waals surface area contributed by atoms with Crippen LogP contribution in [0, 0.1) is 0 Å². The number of carbonyl (C=O) groups excluding carboxylic acids is 1. The van der Waals surface area contributed by atoms with Gasteiger partial charge in [-0.15, -0.1) is 0 Å². The highest BCUT2D eigenvalue weighted by molar-refractivity contribution is 9.10. The molecule has 2 aromatic carbocycles. The summed E-state index contributed by atoms with van der Waals surface area (Å²) >= 11 is 3.48. The molecule has 0 heterocycles. The van der Waals surface area contributed by atoms with Gasteiger partial charge in [0.2, 0.25) is 5.91 Å². The van der Waals surface area contributed by atoms with E-state index in [4.69, 9.17) is 4.74 Å². The van der Waals surface area contributed by atoms with E-state index in [1.54, 1.807) is 26.1 Å². The Morgan fingerprint density at radius 3 is 2.57 bits per heavy atom. The van der Waals surface area contributed by atoms with Gasteiger partial charge in [-0.25, -0.2) is 4.99 Å². The number of amides is 1. The normalized spacial score (nSPS) is 12.2. The number of rotatable bonds is 7. The van der Waals surface area contributed by atoms with Gasteiger partial charge in [0.15, 0.2) is 5.96 Å². The van der Waals surface area contributed by atoms with Crippen LogP contribution in [0.15, 0.2) is 58.0 Å². The third kappa shape index (κ3) is 6.56. The van der Waals surface area contributed by atoms with E-state index in [-0.39, 0.29) is 18.5 Å². The van der Waals surface area contributed by atoms with Crippen LogP contribution < -0.4 is 15.4 Å². The minimum absolute atomic E-state index is 0.0260. The molecular formula is C21H27BrN4O2. The molecule has 2 aromatic rings. The summed E-state index contributed by atoms with van der Waals surface area (Å²) in [4.78, 5) is 18.2. The minimum atomic E-state index is -0.0260. The number of hydrogen-bond donors (Lipinski definition) is 2. The molecule has 1 amide bonds. The Morgan fingerprint density at radius 2 is 1.93 bits per heavy atom. The SMILES string of the molecule is COc1ccc(Br)cc1CN=C(NCC(=O)N(C)C)NC(C)c1ccccc1. The Labute approximate surface area is 175 Å². The van der Waals surface area contributed by atoms with Crippen molar-refractivity contribution < 1.29 is 9.53 Å². The first-order valence-electron chi connectivity index (χ1n) is 9.03. The monoisotopic (exact) mass is 446 g/mol. The number of hydrogen-bond acceptors (Lipinski definition) is 3. The number of halogens is 1. The average Bonchev–Trinajstić information content (AvgIpc) is 2.70. The van der Waals surface area contributed by atoms with Crippen LogP contribution in [0.25, 0.3) is 0 Å². The zero-order valence-electron chi connectivity index (χ0n) is 16.7. The number of methoxy groups -OCH3 is 1. The van der Waals surface area contributed by atoms with Crippen LogP contribution in [0.5, 0.6) is 5.75 Å². The molecule has 0 spiro atoms. The molecule has 2 rings (SSSR count). The zero-order chi connectivity index (χ0) is 20.5. The van der Waals surface area contributed by atoms with Gasteiger partial charge in [0, 0.05) is 24.1 Å². The summed E-state index contributed by atoms with van der Waals surface area (Å²) in [6.07, 6.45) is 0. The maximum Gasteiger partial charge on any atom is 0.241 e. The van der Waals surface area contributed by atoms with Crippen LogP contribution in [0.1, 0.15) is 24.1 Å². The summed E-state index contributed by atoms with van der Waals surface area (Å²) in [5.74, 6) is 1.31. The second-order valence-electron chi connectivity index (χ2n) is 6.54. The number of carbonyl (C=O) groups is 1. The minimum Gasteiger partial charge on any atom is -0.496 e. The molecule has 150 valence electrons. The van der Waals surface area contributed by atoms with E-state index in [9.17, 15) is 4.79 Å². The summed E-state index contributed by atoms with van der Waals surface area (Å²) in [5, 5.41) is 6.48. The smallest absolute Gasteiger partial charge is 0.241 e. The van der Waals surface area contributed by atoms with Crippen molar-refractivity contribution in [3.05, 3.63) is 64.1 Å². The van der Waals surface area contributed by atoms with Crippen LogP contribution >= 0.6 is 15.9 Å². The van der Waals surface area contributed by atoms with E-state index in [1.165, 1.54) is 0 Å². The predicted octanol–water partition coefficient (Wildman–Crippen LogP) is 3.34. The molecule has 28 heavy (non-hydrogen) atoms. The molecule has 0 saturated heterocycles. The molecule has 1 unspecified atom stereocenters. The highest BCUT2D eigenvalue weighted by Gasteiger charge is 2.11. The summed E-state index contributed by atoms with van der Waals surface area (Å²) in [5.41, 5.74) is 2.08. The lowest BCUT2D eigenvalue weighted by atomic mass is 10.1. The number of likely N-dealkylation sites (N-methyl/N-ethyl adjacent to an activating group) is 1. The second kappa shape index (κ2) is 10.7. The zero-order valence-corrected chi connectivity index (χ0v) is 18.3. The van der Waals surface area contributed by atoms with Crippen LogP contribution in [0.2, 0.25) is 0 Å². The molecule has 0 aromatic heterocycles. The number of guanidine groups is 1. The van der Waals surface area contributed by atoms with E-state index in [0.29, 0.717) is 12.5 Å². The highest BCUT2D eigenvalue weighted by atomic mass is 79.9. The van der Waals surface area contributed by atoms with E-state index < -0.39 is 0 Å². The van der Waals surface area contributed by atoms with E-state index in [1.807, 2.05) is 36.4 Å². The first-order chi connectivity index (χ1) is 13.4. The van der Waals surface area contributed by atoms with Gasteiger partial charge in [-0.2, -0.15) is 0 Å². The number of nitrogens with one attached hydrogen (secondary N) is 2. The Bertz CT molecular complexity index is 809. The lowest BCUT2D eigenvalue weighted by Crippen LogP contribution is -2.43. The molecule has 0 bridgehead atoms. The van der Waals surface area contributed by atoms with Gasteiger partial charge in [-0.05, 0) is 30.7 Å². The van der Waals surface area contributed by atoms with Gasteiger partial charge in [0.05, 0.1) is 26.2 Å². The fourth-order valence-corrected chi connectivity index (χ4v) is 2.94. The van der Waals surface area contributed by atoms with Crippen molar-refractivity contribution in [2.24, 2.45) is 4.99 Å². The molecule has 0 aliphatic heterocycles. The van der Waals surface area contributed by atoms with Gasteiger partial charge < -0.3 is 20.3 Å². The van der Waals surface area contributed by atoms with Gasteiger partial charge in [-0.3, -0.25) is 4.79 Å². The van der Waals surface area contributed by atoms with Crippen molar-refractivity contribution in [1.82, 2.24) is 15.5 Å². The number of benzene rings is 2. The second-order valence-corrected chi connectivity index (χ2v) is 7.46. The number of ether oxygens (including phenoxy) is 1. The predicted molar refractivity (Wildman–Crippen MR) is 117 cm³/mol. The van der Waals surface area contributed by atoms with Crippen LogP contribution in [0.3, 0.4) is 0 Å². The Morgan fingerprint density at radius 1 is 1.21 bits per heavy atom. The molecule has 0 aliphatic rings. The molecular weight excluding hydrogens is 420 g/mol. The van der Waals surface area contributed by atoms with Crippen molar-refractivity contribution in [3.8, 4) is 5.75 Å². The first kappa shape index (κ1) is 21.8. The Hall–Kier alpha value is -2.54. The van der Waals surface area contributed by atoms with E-state index in [0.717, 1.165) is 21.3 Å².